The molecule has 1 aliphatic heterocycles. The summed E-state index contributed by atoms with van der Waals surface area (Å²) in [5.41, 5.74) is 3.40. The van der Waals surface area contributed by atoms with Crippen LogP contribution in [0.15, 0.2) is 83.5 Å². The topological polar surface area (TPSA) is 74.2 Å². The number of methoxy groups -OCH3 is 1. The number of hydrogen-bond donors (Lipinski definition) is 0. The molecule has 0 atom stereocenters. The van der Waals surface area contributed by atoms with E-state index in [1.807, 2.05) is 30.3 Å². The lowest BCUT2D eigenvalue weighted by molar-refractivity contribution is -0.129. The number of rotatable bonds is 8. The van der Waals surface area contributed by atoms with Gasteiger partial charge in [-0.3, -0.25) is 4.79 Å². The summed E-state index contributed by atoms with van der Waals surface area (Å²) in [5.74, 6) is 0.905. The molecule has 0 saturated heterocycles. The van der Waals surface area contributed by atoms with Gasteiger partial charge in [0.2, 0.25) is 5.90 Å². The highest BCUT2D eigenvalue weighted by atomic mass is 16.6. The second-order valence-electron chi connectivity index (χ2n) is 8.10. The quantitative estimate of drug-likeness (QED) is 0.257. The van der Waals surface area contributed by atoms with Gasteiger partial charge >= 0.3 is 5.97 Å². The number of carbonyl (C=O) groups is 2. The number of ketones is 1. The molecule has 0 aromatic heterocycles. The molecule has 6 heteroatoms. The molecule has 0 amide bonds. The zero-order valence-corrected chi connectivity index (χ0v) is 19.3. The smallest absolute Gasteiger partial charge is 0.363 e. The van der Waals surface area contributed by atoms with E-state index in [9.17, 15) is 9.59 Å². The van der Waals surface area contributed by atoms with Gasteiger partial charge < -0.3 is 14.2 Å². The first-order valence-electron chi connectivity index (χ1n) is 11.0. The number of Topliss-reactive ketones (excluding diaryl/α,β-unsaturated/α-hetero) is 1. The van der Waals surface area contributed by atoms with Crippen molar-refractivity contribution >= 4 is 23.7 Å². The minimum absolute atomic E-state index is 0.115. The summed E-state index contributed by atoms with van der Waals surface area (Å²) in [6.07, 6.45) is 1.62. The van der Waals surface area contributed by atoms with Crippen LogP contribution in [0.3, 0.4) is 0 Å². The Morgan fingerprint density at radius 2 is 1.74 bits per heavy atom. The third kappa shape index (κ3) is 5.23. The van der Waals surface area contributed by atoms with Gasteiger partial charge in [-0.05, 0) is 47.4 Å². The Kier molecular flexibility index (Phi) is 6.87. The molecule has 0 unspecified atom stereocenters. The Labute approximate surface area is 198 Å². The van der Waals surface area contributed by atoms with Crippen LogP contribution < -0.4 is 9.47 Å². The van der Waals surface area contributed by atoms with E-state index in [1.165, 1.54) is 12.7 Å². The van der Waals surface area contributed by atoms with Gasteiger partial charge in [-0.15, -0.1) is 0 Å². The maximum absolute atomic E-state index is 12.4. The fourth-order valence-electron chi connectivity index (χ4n) is 3.44. The maximum atomic E-state index is 12.4. The first kappa shape index (κ1) is 23.0. The maximum Gasteiger partial charge on any atom is 0.363 e. The zero-order chi connectivity index (χ0) is 24.1. The van der Waals surface area contributed by atoms with E-state index in [-0.39, 0.29) is 24.0 Å². The second-order valence-corrected chi connectivity index (χ2v) is 8.10. The molecule has 0 saturated carbocycles. The molecule has 0 fully saturated rings. The molecule has 0 aliphatic carbocycles. The van der Waals surface area contributed by atoms with Gasteiger partial charge in [0.05, 0.1) is 7.11 Å². The predicted octanol–water partition coefficient (Wildman–Crippen LogP) is 5.42. The Hall–Kier alpha value is -4.19. The van der Waals surface area contributed by atoms with Crippen molar-refractivity contribution in [3.8, 4) is 11.5 Å². The molecule has 1 heterocycles. The fourth-order valence-corrected chi connectivity index (χ4v) is 3.44. The van der Waals surface area contributed by atoms with Crippen molar-refractivity contribution in [1.82, 2.24) is 0 Å². The Morgan fingerprint density at radius 1 is 1.00 bits per heavy atom. The van der Waals surface area contributed by atoms with Gasteiger partial charge in [-0.2, -0.15) is 0 Å². The molecule has 0 radical (unpaired) electrons. The minimum Gasteiger partial charge on any atom is -0.493 e. The second kappa shape index (κ2) is 10.2. The number of esters is 1. The highest BCUT2D eigenvalue weighted by Crippen LogP contribution is 2.30. The van der Waals surface area contributed by atoms with E-state index in [2.05, 4.69) is 18.8 Å². The van der Waals surface area contributed by atoms with Crippen LogP contribution in [0.25, 0.3) is 6.08 Å². The molecule has 3 aromatic carbocycles. The van der Waals surface area contributed by atoms with Crippen LogP contribution in [0.4, 0.5) is 0 Å². The molecule has 0 spiro atoms. The molecule has 4 rings (SSSR count). The molecular formula is C28H25NO5. The number of hydrogen-bond acceptors (Lipinski definition) is 6. The van der Waals surface area contributed by atoms with Crippen molar-refractivity contribution in [3.63, 3.8) is 0 Å². The van der Waals surface area contributed by atoms with E-state index in [4.69, 9.17) is 14.2 Å². The summed E-state index contributed by atoms with van der Waals surface area (Å²) >= 11 is 0. The number of carbonyl (C=O) groups excluding carboxylic acids is 2. The molecule has 34 heavy (non-hydrogen) atoms. The van der Waals surface area contributed by atoms with Crippen LogP contribution in [-0.2, 0) is 9.53 Å². The first-order chi connectivity index (χ1) is 16.4. The molecule has 1 aliphatic rings. The molecule has 172 valence electrons. The van der Waals surface area contributed by atoms with Gasteiger partial charge in [0.25, 0.3) is 0 Å². The standard InChI is InChI=1S/C28H25NO5/c1-18(2)20-10-12-22(13-11-20)27-29-23(28(31)34-27)15-19-9-14-25(26(16-19)32-3)33-17-24(30)21-7-5-4-6-8-21/h4-16,18H,17H2,1-3H3/b23-15-. The predicted molar refractivity (Wildman–Crippen MR) is 130 cm³/mol. The van der Waals surface area contributed by atoms with Crippen LogP contribution in [-0.4, -0.2) is 31.4 Å². The van der Waals surface area contributed by atoms with Gasteiger partial charge in [0.1, 0.15) is 0 Å². The number of cyclic esters (lactones) is 1. The largest absolute Gasteiger partial charge is 0.493 e. The lowest BCUT2D eigenvalue weighted by Crippen LogP contribution is -2.11. The lowest BCUT2D eigenvalue weighted by atomic mass is 10.0. The zero-order valence-electron chi connectivity index (χ0n) is 19.3. The highest BCUT2D eigenvalue weighted by molar-refractivity contribution is 6.12. The van der Waals surface area contributed by atoms with Crippen molar-refractivity contribution in [1.29, 1.82) is 0 Å². The minimum atomic E-state index is -0.518. The molecule has 6 nitrogen and oxygen atoms in total. The summed E-state index contributed by atoms with van der Waals surface area (Å²) in [4.78, 5) is 29.1. The first-order valence-corrected chi connectivity index (χ1v) is 11.0. The van der Waals surface area contributed by atoms with Crippen molar-refractivity contribution in [3.05, 3.63) is 101 Å². The third-order valence-corrected chi connectivity index (χ3v) is 5.39. The Bertz CT molecular complexity index is 1260. The van der Waals surface area contributed by atoms with Crippen LogP contribution in [0.2, 0.25) is 0 Å². The van der Waals surface area contributed by atoms with Crippen molar-refractivity contribution in [2.45, 2.75) is 19.8 Å². The van der Waals surface area contributed by atoms with Gasteiger partial charge in [-0.1, -0.05) is 62.4 Å². The van der Waals surface area contributed by atoms with Gasteiger partial charge in [0.15, 0.2) is 29.6 Å². The highest BCUT2D eigenvalue weighted by Gasteiger charge is 2.24. The Morgan fingerprint density at radius 3 is 2.41 bits per heavy atom. The van der Waals surface area contributed by atoms with Crippen molar-refractivity contribution in [2.75, 3.05) is 13.7 Å². The van der Waals surface area contributed by atoms with Crippen molar-refractivity contribution < 1.29 is 23.8 Å². The van der Waals surface area contributed by atoms with E-state index in [0.717, 1.165) is 5.56 Å². The third-order valence-electron chi connectivity index (χ3n) is 5.39. The SMILES string of the molecule is COc1cc(/C=C2\N=C(c3ccc(C(C)C)cc3)OC2=O)ccc1OCC(=O)c1ccccc1. The molecular weight excluding hydrogens is 430 g/mol. The van der Waals surface area contributed by atoms with Crippen molar-refractivity contribution in [2.24, 2.45) is 4.99 Å². The summed E-state index contributed by atoms with van der Waals surface area (Å²) < 4.78 is 16.5. The van der Waals surface area contributed by atoms with E-state index < -0.39 is 5.97 Å². The molecule has 0 N–H and O–H groups in total. The van der Waals surface area contributed by atoms with Gasteiger partial charge in [-0.25, -0.2) is 9.79 Å². The summed E-state index contributed by atoms with van der Waals surface area (Å²) in [5, 5.41) is 0. The van der Waals surface area contributed by atoms with Crippen LogP contribution >= 0.6 is 0 Å². The van der Waals surface area contributed by atoms with E-state index >= 15 is 0 Å². The normalized spacial score (nSPS) is 14.2. The number of benzene rings is 3. The monoisotopic (exact) mass is 455 g/mol. The van der Waals surface area contributed by atoms with Crippen LogP contribution in [0, 0.1) is 0 Å². The Balaban J connectivity index is 1.50. The summed E-state index contributed by atoms with van der Waals surface area (Å²) in [6, 6.07) is 21.9. The summed E-state index contributed by atoms with van der Waals surface area (Å²) in [6.45, 7) is 4.12. The molecule has 3 aromatic rings. The van der Waals surface area contributed by atoms with Crippen LogP contribution in [0.5, 0.6) is 11.5 Å². The van der Waals surface area contributed by atoms with E-state index in [0.29, 0.717) is 28.5 Å². The number of ether oxygens (including phenoxy) is 3. The average Bonchev–Trinajstić information content (AvgIpc) is 3.23. The summed E-state index contributed by atoms with van der Waals surface area (Å²) in [7, 11) is 1.51. The number of aliphatic imine (C=N–C) groups is 1. The van der Waals surface area contributed by atoms with Gasteiger partial charge in [0, 0.05) is 11.1 Å². The van der Waals surface area contributed by atoms with Crippen LogP contribution in [0.1, 0.15) is 46.8 Å². The number of nitrogens with zero attached hydrogens (tertiary/aromatic N) is 1. The fraction of sp³-hybridized carbons (Fsp3) is 0.179. The lowest BCUT2D eigenvalue weighted by Gasteiger charge is -2.11. The average molecular weight is 456 g/mol. The van der Waals surface area contributed by atoms with E-state index in [1.54, 1.807) is 48.5 Å². The molecule has 0 bridgehead atoms.